The van der Waals surface area contributed by atoms with Gasteiger partial charge in [0.15, 0.2) is 5.82 Å². The molecule has 0 fully saturated rings. The molecule has 0 amide bonds. The molecule has 7 aromatic carbocycles. The molecule has 50 heavy (non-hydrogen) atoms. The summed E-state index contributed by atoms with van der Waals surface area (Å²) in [6.07, 6.45) is 0. The molecule has 0 spiro atoms. The molecule has 0 atom stereocenters. The first-order chi connectivity index (χ1) is 24.8. The van der Waals surface area contributed by atoms with Crippen LogP contribution in [0.5, 0.6) is 0 Å². The average molecular weight is 637 g/mol. The molecule has 0 bridgehead atoms. The summed E-state index contributed by atoms with van der Waals surface area (Å²) in [6, 6.07) is 59.1. The summed E-state index contributed by atoms with van der Waals surface area (Å²) in [5.41, 5.74) is 9.71. The fraction of sp³-hybridized carbons (Fsp3) is 0. The minimum atomic E-state index is 0.706. The molecule has 0 aliphatic heterocycles. The molecule has 4 heteroatoms. The van der Waals surface area contributed by atoms with Crippen molar-refractivity contribution in [3.8, 4) is 45.2 Å². The number of fused-ring (bicyclic) bond motifs is 7. The molecule has 0 saturated heterocycles. The molecular weight excluding hydrogens is 609 g/mol. The van der Waals surface area contributed by atoms with Crippen molar-refractivity contribution in [1.29, 1.82) is 0 Å². The largest absolute Gasteiger partial charge is 0.248 e. The van der Waals surface area contributed by atoms with E-state index in [2.05, 4.69) is 133 Å². The maximum absolute atomic E-state index is 5.41. The lowest BCUT2D eigenvalue weighted by atomic mass is 9.95. The number of rotatable bonds is 4. The smallest absolute Gasteiger partial charge is 0.160 e. The van der Waals surface area contributed by atoms with E-state index in [4.69, 9.17) is 19.9 Å². The van der Waals surface area contributed by atoms with Crippen molar-refractivity contribution < 1.29 is 0 Å². The van der Waals surface area contributed by atoms with Gasteiger partial charge in [0.25, 0.3) is 0 Å². The Morgan fingerprint density at radius 1 is 0.300 bits per heavy atom. The number of hydrogen-bond donors (Lipinski definition) is 0. The van der Waals surface area contributed by atoms with Crippen LogP contribution >= 0.6 is 0 Å². The van der Waals surface area contributed by atoms with Gasteiger partial charge in [-0.1, -0.05) is 133 Å². The third-order valence-corrected chi connectivity index (χ3v) is 9.63. The summed E-state index contributed by atoms with van der Waals surface area (Å²) in [5, 5.41) is 7.86. The summed E-state index contributed by atoms with van der Waals surface area (Å²) in [4.78, 5) is 20.7. The standard InChI is InChI=1S/C46H28N4/c1-3-12-30(13-4-1)45-43-36(23-26-41-37(43)24-25-39(47-41)33-20-19-29-11-7-8-16-32(29)27-33)35-22-21-34(28-42(35)48-45)44-38-17-9-10-18-40(38)49-46(50-44)31-14-5-2-6-15-31/h1-28H. The van der Waals surface area contributed by atoms with Crippen molar-refractivity contribution in [1.82, 2.24) is 19.9 Å². The van der Waals surface area contributed by atoms with Crippen LogP contribution in [0.25, 0.3) is 99.4 Å². The highest BCUT2D eigenvalue weighted by atomic mass is 14.9. The number of nitrogens with zero attached hydrogens (tertiary/aromatic N) is 4. The first-order valence-electron chi connectivity index (χ1n) is 16.8. The molecule has 10 aromatic rings. The molecular formula is C46H28N4. The van der Waals surface area contributed by atoms with Crippen molar-refractivity contribution in [2.75, 3.05) is 0 Å². The molecule has 3 heterocycles. The Hall–Kier alpha value is -6.78. The van der Waals surface area contributed by atoms with Gasteiger partial charge in [-0.15, -0.1) is 0 Å². The number of aromatic nitrogens is 4. The first-order valence-corrected chi connectivity index (χ1v) is 16.8. The van der Waals surface area contributed by atoms with E-state index in [0.717, 1.165) is 82.8 Å². The van der Waals surface area contributed by atoms with E-state index in [1.165, 1.54) is 10.8 Å². The van der Waals surface area contributed by atoms with Gasteiger partial charge in [-0.05, 0) is 52.6 Å². The summed E-state index contributed by atoms with van der Waals surface area (Å²) in [5.74, 6) is 0.706. The molecule has 4 nitrogen and oxygen atoms in total. The summed E-state index contributed by atoms with van der Waals surface area (Å²) in [6.45, 7) is 0. The quantitative estimate of drug-likeness (QED) is 0.180. The summed E-state index contributed by atoms with van der Waals surface area (Å²) >= 11 is 0. The molecule has 0 aliphatic carbocycles. The molecule has 0 aliphatic rings. The Labute approximate surface area is 288 Å². The van der Waals surface area contributed by atoms with E-state index >= 15 is 0 Å². The third-order valence-electron chi connectivity index (χ3n) is 9.63. The van der Waals surface area contributed by atoms with Crippen LogP contribution in [0.2, 0.25) is 0 Å². The highest BCUT2D eigenvalue weighted by molar-refractivity contribution is 6.21. The summed E-state index contributed by atoms with van der Waals surface area (Å²) < 4.78 is 0. The van der Waals surface area contributed by atoms with Crippen LogP contribution < -0.4 is 0 Å². The van der Waals surface area contributed by atoms with Crippen molar-refractivity contribution in [3.05, 3.63) is 170 Å². The predicted molar refractivity (Wildman–Crippen MR) is 207 cm³/mol. The number of hydrogen-bond acceptors (Lipinski definition) is 4. The van der Waals surface area contributed by atoms with Gasteiger partial charge in [0, 0.05) is 43.8 Å². The highest BCUT2D eigenvalue weighted by Gasteiger charge is 2.17. The molecule has 0 saturated carbocycles. The van der Waals surface area contributed by atoms with Gasteiger partial charge in [0.05, 0.1) is 33.6 Å². The zero-order valence-electron chi connectivity index (χ0n) is 27.0. The number of pyridine rings is 2. The highest BCUT2D eigenvalue weighted by Crippen LogP contribution is 2.39. The lowest BCUT2D eigenvalue weighted by molar-refractivity contribution is 1.23. The Morgan fingerprint density at radius 3 is 1.84 bits per heavy atom. The van der Waals surface area contributed by atoms with Crippen LogP contribution in [0, 0.1) is 0 Å². The van der Waals surface area contributed by atoms with E-state index in [1.54, 1.807) is 0 Å². The molecule has 0 unspecified atom stereocenters. The molecule has 3 aromatic heterocycles. The minimum Gasteiger partial charge on any atom is -0.248 e. The van der Waals surface area contributed by atoms with Crippen molar-refractivity contribution in [3.63, 3.8) is 0 Å². The number of benzene rings is 7. The van der Waals surface area contributed by atoms with E-state index < -0.39 is 0 Å². The van der Waals surface area contributed by atoms with Crippen LogP contribution in [0.3, 0.4) is 0 Å². The monoisotopic (exact) mass is 636 g/mol. The van der Waals surface area contributed by atoms with Crippen molar-refractivity contribution in [2.45, 2.75) is 0 Å². The summed E-state index contributed by atoms with van der Waals surface area (Å²) in [7, 11) is 0. The molecule has 10 rings (SSSR count). The molecule has 0 N–H and O–H groups in total. The van der Waals surface area contributed by atoms with E-state index in [0.29, 0.717) is 5.82 Å². The second-order valence-electron chi connectivity index (χ2n) is 12.7. The van der Waals surface area contributed by atoms with E-state index in [9.17, 15) is 0 Å². The Morgan fingerprint density at radius 2 is 0.980 bits per heavy atom. The SMILES string of the molecule is c1ccc(-c2nc(-c3ccc4c(c3)nc(-c3ccccc3)c3c5ccc(-c6ccc7ccccc7c6)nc5ccc43)c3ccccc3n2)cc1. The van der Waals surface area contributed by atoms with Gasteiger partial charge in [0.1, 0.15) is 0 Å². The van der Waals surface area contributed by atoms with Gasteiger partial charge in [-0.2, -0.15) is 0 Å². The fourth-order valence-corrected chi connectivity index (χ4v) is 7.19. The second kappa shape index (κ2) is 11.4. The lowest BCUT2D eigenvalue weighted by Crippen LogP contribution is -1.96. The van der Waals surface area contributed by atoms with Gasteiger partial charge < -0.3 is 0 Å². The van der Waals surface area contributed by atoms with Crippen molar-refractivity contribution >= 4 is 54.3 Å². The zero-order chi connectivity index (χ0) is 33.0. The fourth-order valence-electron chi connectivity index (χ4n) is 7.19. The number of para-hydroxylation sites is 1. The topological polar surface area (TPSA) is 51.6 Å². The third kappa shape index (κ3) is 4.69. The van der Waals surface area contributed by atoms with E-state index in [-0.39, 0.29) is 0 Å². The first kappa shape index (κ1) is 28.3. The van der Waals surface area contributed by atoms with Crippen LogP contribution in [0.1, 0.15) is 0 Å². The van der Waals surface area contributed by atoms with Gasteiger partial charge in [-0.3, -0.25) is 0 Å². The van der Waals surface area contributed by atoms with E-state index in [1.807, 2.05) is 36.4 Å². The minimum absolute atomic E-state index is 0.706. The van der Waals surface area contributed by atoms with Crippen LogP contribution in [0.15, 0.2) is 170 Å². The maximum atomic E-state index is 5.41. The van der Waals surface area contributed by atoms with Crippen LogP contribution in [-0.4, -0.2) is 19.9 Å². The second-order valence-corrected chi connectivity index (χ2v) is 12.7. The lowest BCUT2D eigenvalue weighted by Gasteiger charge is -2.15. The molecule has 232 valence electrons. The average Bonchev–Trinajstić information content (AvgIpc) is 3.20. The Balaban J connectivity index is 1.19. The van der Waals surface area contributed by atoms with Crippen molar-refractivity contribution in [2.24, 2.45) is 0 Å². The Bertz CT molecular complexity index is 2920. The van der Waals surface area contributed by atoms with Crippen LogP contribution in [0.4, 0.5) is 0 Å². The van der Waals surface area contributed by atoms with Gasteiger partial charge in [-0.25, -0.2) is 19.9 Å². The van der Waals surface area contributed by atoms with Gasteiger partial charge >= 0.3 is 0 Å². The zero-order valence-corrected chi connectivity index (χ0v) is 27.0. The maximum Gasteiger partial charge on any atom is 0.160 e. The van der Waals surface area contributed by atoms with Gasteiger partial charge in [0.2, 0.25) is 0 Å². The normalized spacial score (nSPS) is 11.6. The Kier molecular flexibility index (Phi) is 6.46. The predicted octanol–water partition coefficient (Wildman–Crippen LogP) is 11.7. The molecule has 0 radical (unpaired) electrons. The van der Waals surface area contributed by atoms with Crippen LogP contribution in [-0.2, 0) is 0 Å².